The van der Waals surface area contributed by atoms with E-state index in [4.69, 9.17) is 11.6 Å². The van der Waals surface area contributed by atoms with Crippen molar-refractivity contribution in [1.29, 1.82) is 0 Å². The van der Waals surface area contributed by atoms with Crippen LogP contribution >= 0.6 is 23.4 Å². The summed E-state index contributed by atoms with van der Waals surface area (Å²) >= 11 is 7.76. The minimum atomic E-state index is -0.170. The second-order valence-electron chi connectivity index (χ2n) is 4.54. The molecular formula is C16H17ClFNS. The van der Waals surface area contributed by atoms with Gasteiger partial charge in [-0.15, -0.1) is 11.8 Å². The number of hydrogen-bond acceptors (Lipinski definition) is 2. The van der Waals surface area contributed by atoms with E-state index in [1.807, 2.05) is 44.3 Å². The number of hydrogen-bond donors (Lipinski definition) is 1. The molecule has 0 aliphatic heterocycles. The van der Waals surface area contributed by atoms with Gasteiger partial charge in [-0.2, -0.15) is 0 Å². The molecule has 2 aromatic carbocycles. The molecule has 0 amide bonds. The highest BCUT2D eigenvalue weighted by atomic mass is 35.5. The molecule has 2 rings (SSSR count). The molecular weight excluding hydrogens is 293 g/mol. The molecule has 0 fully saturated rings. The van der Waals surface area contributed by atoms with Gasteiger partial charge in [0.15, 0.2) is 0 Å². The second-order valence-corrected chi connectivity index (χ2v) is 5.97. The lowest BCUT2D eigenvalue weighted by atomic mass is 10.1. The summed E-state index contributed by atoms with van der Waals surface area (Å²) in [6.07, 6.45) is 0. The molecule has 106 valence electrons. The van der Waals surface area contributed by atoms with Crippen LogP contribution in [-0.2, 0) is 5.75 Å². The molecule has 1 atom stereocenters. The average Bonchev–Trinajstić information content (AvgIpc) is 2.46. The van der Waals surface area contributed by atoms with Gasteiger partial charge in [-0.25, -0.2) is 4.39 Å². The maximum atomic E-state index is 14.0. The third-order valence-electron chi connectivity index (χ3n) is 3.22. The minimum absolute atomic E-state index is 0.0232. The van der Waals surface area contributed by atoms with Crippen molar-refractivity contribution in [2.45, 2.75) is 23.6 Å². The highest BCUT2D eigenvalue weighted by molar-refractivity contribution is 7.98. The first-order valence-electron chi connectivity index (χ1n) is 6.45. The molecule has 0 saturated carbocycles. The zero-order valence-electron chi connectivity index (χ0n) is 11.5. The summed E-state index contributed by atoms with van der Waals surface area (Å²) in [5.74, 6) is 0.558. The van der Waals surface area contributed by atoms with E-state index in [-0.39, 0.29) is 11.9 Å². The smallest absolute Gasteiger partial charge is 0.129 e. The molecule has 0 aliphatic rings. The van der Waals surface area contributed by atoms with E-state index in [9.17, 15) is 4.39 Å². The maximum absolute atomic E-state index is 14.0. The Bertz CT molecular complexity index is 588. The SMILES string of the molecule is CNC(C)c1c(F)cccc1SCc1ccccc1Cl. The van der Waals surface area contributed by atoms with Crippen molar-refractivity contribution in [3.05, 3.63) is 64.4 Å². The highest BCUT2D eigenvalue weighted by Gasteiger charge is 2.14. The van der Waals surface area contributed by atoms with Gasteiger partial charge in [0.2, 0.25) is 0 Å². The average molecular weight is 310 g/mol. The summed E-state index contributed by atoms with van der Waals surface area (Å²) in [7, 11) is 1.83. The second kappa shape index (κ2) is 7.11. The van der Waals surface area contributed by atoms with Crippen LogP contribution in [0.5, 0.6) is 0 Å². The van der Waals surface area contributed by atoms with Gasteiger partial charge >= 0.3 is 0 Å². The Morgan fingerprint density at radius 3 is 2.65 bits per heavy atom. The van der Waals surface area contributed by atoms with Crippen LogP contribution in [0.1, 0.15) is 24.1 Å². The Morgan fingerprint density at radius 2 is 1.95 bits per heavy atom. The monoisotopic (exact) mass is 309 g/mol. The van der Waals surface area contributed by atoms with Gasteiger partial charge in [0.25, 0.3) is 0 Å². The summed E-state index contributed by atoms with van der Waals surface area (Å²) in [4.78, 5) is 0.951. The molecule has 0 bridgehead atoms. The fourth-order valence-electron chi connectivity index (χ4n) is 1.98. The van der Waals surface area contributed by atoms with E-state index in [0.717, 1.165) is 21.2 Å². The number of halogens is 2. The van der Waals surface area contributed by atoms with Crippen LogP contribution in [-0.4, -0.2) is 7.05 Å². The first-order chi connectivity index (χ1) is 9.63. The Balaban J connectivity index is 2.22. The van der Waals surface area contributed by atoms with Crippen molar-refractivity contribution in [3.63, 3.8) is 0 Å². The van der Waals surface area contributed by atoms with Crippen LogP contribution in [0.25, 0.3) is 0 Å². The van der Waals surface area contributed by atoms with E-state index in [1.54, 1.807) is 17.8 Å². The number of thioether (sulfide) groups is 1. The summed E-state index contributed by atoms with van der Waals surface area (Å²) in [6.45, 7) is 1.96. The molecule has 20 heavy (non-hydrogen) atoms. The molecule has 0 saturated heterocycles. The fourth-order valence-corrected chi connectivity index (χ4v) is 3.43. The van der Waals surface area contributed by atoms with Crippen molar-refractivity contribution in [3.8, 4) is 0 Å². The third-order valence-corrected chi connectivity index (χ3v) is 4.71. The van der Waals surface area contributed by atoms with Crippen LogP contribution in [0.4, 0.5) is 4.39 Å². The Hall–Kier alpha value is -1.03. The van der Waals surface area contributed by atoms with Crippen LogP contribution in [0.3, 0.4) is 0 Å². The van der Waals surface area contributed by atoms with E-state index in [0.29, 0.717) is 5.56 Å². The minimum Gasteiger partial charge on any atom is -0.313 e. The van der Waals surface area contributed by atoms with Gasteiger partial charge < -0.3 is 5.32 Å². The maximum Gasteiger partial charge on any atom is 0.129 e. The van der Waals surface area contributed by atoms with Gasteiger partial charge in [0.05, 0.1) is 0 Å². The van der Waals surface area contributed by atoms with E-state index < -0.39 is 0 Å². The number of benzene rings is 2. The molecule has 1 N–H and O–H groups in total. The Labute approximate surface area is 128 Å². The molecule has 0 heterocycles. The van der Waals surface area contributed by atoms with Crippen LogP contribution in [0.2, 0.25) is 5.02 Å². The van der Waals surface area contributed by atoms with Gasteiger partial charge in [0, 0.05) is 27.3 Å². The molecule has 0 aliphatic carbocycles. The molecule has 2 aromatic rings. The topological polar surface area (TPSA) is 12.0 Å². The van der Waals surface area contributed by atoms with Crippen molar-refractivity contribution in [2.24, 2.45) is 0 Å². The first kappa shape index (κ1) is 15.4. The normalized spacial score (nSPS) is 12.4. The van der Waals surface area contributed by atoms with E-state index in [1.165, 1.54) is 6.07 Å². The predicted molar refractivity (Wildman–Crippen MR) is 84.9 cm³/mol. The Kier molecular flexibility index (Phi) is 5.46. The molecule has 1 nitrogen and oxygen atoms in total. The van der Waals surface area contributed by atoms with Crippen LogP contribution < -0.4 is 5.32 Å². The van der Waals surface area contributed by atoms with Crippen molar-refractivity contribution in [2.75, 3.05) is 7.05 Å². The summed E-state index contributed by atoms with van der Waals surface area (Å²) in [5, 5.41) is 3.84. The molecule has 4 heteroatoms. The largest absolute Gasteiger partial charge is 0.313 e. The van der Waals surface area contributed by atoms with E-state index >= 15 is 0 Å². The summed E-state index contributed by atoms with van der Waals surface area (Å²) < 4.78 is 14.0. The third kappa shape index (κ3) is 3.54. The molecule has 0 spiro atoms. The Morgan fingerprint density at radius 1 is 1.20 bits per heavy atom. The number of nitrogens with one attached hydrogen (secondary N) is 1. The quantitative estimate of drug-likeness (QED) is 0.775. The first-order valence-corrected chi connectivity index (χ1v) is 7.81. The fraction of sp³-hybridized carbons (Fsp3) is 0.250. The van der Waals surface area contributed by atoms with Gasteiger partial charge in [-0.1, -0.05) is 35.9 Å². The molecule has 0 radical (unpaired) electrons. The van der Waals surface area contributed by atoms with Gasteiger partial charge in [0.1, 0.15) is 5.82 Å². The summed E-state index contributed by atoms with van der Waals surface area (Å²) in [6, 6.07) is 12.9. The van der Waals surface area contributed by atoms with E-state index in [2.05, 4.69) is 5.32 Å². The summed E-state index contributed by atoms with van der Waals surface area (Å²) in [5.41, 5.74) is 1.78. The molecule has 1 unspecified atom stereocenters. The zero-order valence-corrected chi connectivity index (χ0v) is 13.1. The highest BCUT2D eigenvalue weighted by Crippen LogP contribution is 2.33. The lowest BCUT2D eigenvalue weighted by Crippen LogP contribution is -2.15. The standard InChI is InChI=1S/C16H17ClFNS/c1-11(19-2)16-14(18)8-5-9-15(16)20-10-12-6-3-4-7-13(12)17/h3-9,11,19H,10H2,1-2H3. The van der Waals surface area contributed by atoms with Gasteiger partial charge in [-0.05, 0) is 37.7 Å². The lowest BCUT2D eigenvalue weighted by molar-refractivity contribution is 0.552. The zero-order chi connectivity index (χ0) is 14.5. The van der Waals surface area contributed by atoms with Gasteiger partial charge in [-0.3, -0.25) is 0 Å². The van der Waals surface area contributed by atoms with Crippen molar-refractivity contribution >= 4 is 23.4 Å². The lowest BCUT2D eigenvalue weighted by Gasteiger charge is -2.16. The van der Waals surface area contributed by atoms with Crippen molar-refractivity contribution in [1.82, 2.24) is 5.32 Å². The predicted octanol–water partition coefficient (Wildman–Crippen LogP) is 5.05. The number of rotatable bonds is 5. The van der Waals surface area contributed by atoms with Crippen LogP contribution in [0.15, 0.2) is 47.4 Å². The van der Waals surface area contributed by atoms with Crippen molar-refractivity contribution < 1.29 is 4.39 Å². The van der Waals surface area contributed by atoms with Crippen LogP contribution in [0, 0.1) is 5.82 Å². The molecule has 0 aromatic heterocycles.